The molecule has 0 amide bonds. The first kappa shape index (κ1) is 9.39. The zero-order valence-electron chi connectivity index (χ0n) is 6.03. The molecule has 0 saturated heterocycles. The highest BCUT2D eigenvalue weighted by Crippen LogP contribution is 1.98. The SMILES string of the molecule is CC=CC=C(C)S(N)(=O)=O. The van der Waals surface area contributed by atoms with E-state index in [2.05, 4.69) is 0 Å². The second kappa shape index (κ2) is 3.53. The van der Waals surface area contributed by atoms with Crippen LogP contribution in [0.3, 0.4) is 0 Å². The van der Waals surface area contributed by atoms with Crippen LogP contribution in [-0.4, -0.2) is 8.42 Å². The van der Waals surface area contributed by atoms with Crippen molar-refractivity contribution in [3.05, 3.63) is 23.1 Å². The first-order chi connectivity index (χ1) is 4.48. The Morgan fingerprint density at radius 1 is 1.50 bits per heavy atom. The van der Waals surface area contributed by atoms with Crippen molar-refractivity contribution in [3.8, 4) is 0 Å². The van der Waals surface area contributed by atoms with E-state index in [1.54, 1.807) is 19.1 Å². The highest BCUT2D eigenvalue weighted by molar-refractivity contribution is 7.93. The summed E-state index contributed by atoms with van der Waals surface area (Å²) in [5, 5.41) is 4.79. The normalized spacial score (nSPS) is 14.5. The van der Waals surface area contributed by atoms with Crippen molar-refractivity contribution in [2.24, 2.45) is 5.14 Å². The second-order valence-corrected chi connectivity index (χ2v) is 3.58. The molecule has 0 bridgehead atoms. The Morgan fingerprint density at radius 2 is 2.00 bits per heavy atom. The number of hydrogen-bond donors (Lipinski definition) is 1. The van der Waals surface area contributed by atoms with Gasteiger partial charge in [-0.05, 0) is 19.9 Å². The Labute approximate surface area is 61.3 Å². The van der Waals surface area contributed by atoms with Crippen LogP contribution in [0.25, 0.3) is 0 Å². The van der Waals surface area contributed by atoms with E-state index in [9.17, 15) is 8.42 Å². The zero-order valence-corrected chi connectivity index (χ0v) is 6.85. The topological polar surface area (TPSA) is 60.2 Å². The lowest BCUT2D eigenvalue weighted by atomic mass is 10.5. The Morgan fingerprint density at radius 3 is 2.30 bits per heavy atom. The van der Waals surface area contributed by atoms with E-state index < -0.39 is 10.0 Å². The molecule has 4 heteroatoms. The van der Waals surface area contributed by atoms with E-state index in [1.807, 2.05) is 0 Å². The third-order valence-corrected chi connectivity index (χ3v) is 2.01. The largest absolute Gasteiger partial charge is 0.233 e. The van der Waals surface area contributed by atoms with Gasteiger partial charge in [0.1, 0.15) is 0 Å². The molecule has 0 aliphatic heterocycles. The predicted octanol–water partition coefficient (Wildman–Crippen LogP) is 0.755. The van der Waals surface area contributed by atoms with Gasteiger partial charge in [-0.1, -0.05) is 12.2 Å². The average Bonchev–Trinajstić information content (AvgIpc) is 1.80. The van der Waals surface area contributed by atoms with Gasteiger partial charge in [0.2, 0.25) is 10.0 Å². The molecule has 0 fully saturated rings. The minimum absolute atomic E-state index is 0.172. The molecule has 3 nitrogen and oxygen atoms in total. The molecule has 0 unspecified atom stereocenters. The average molecular weight is 161 g/mol. The van der Waals surface area contributed by atoms with E-state index in [4.69, 9.17) is 5.14 Å². The van der Waals surface area contributed by atoms with Crippen molar-refractivity contribution in [1.29, 1.82) is 0 Å². The Bertz CT molecular complexity index is 249. The highest BCUT2D eigenvalue weighted by Gasteiger charge is 2.02. The fraction of sp³-hybridized carbons (Fsp3) is 0.333. The van der Waals surface area contributed by atoms with Crippen LogP contribution >= 0.6 is 0 Å². The molecule has 58 valence electrons. The summed E-state index contributed by atoms with van der Waals surface area (Å²) in [6.45, 7) is 3.25. The quantitative estimate of drug-likeness (QED) is 0.608. The molecule has 0 saturated carbocycles. The van der Waals surface area contributed by atoms with Gasteiger partial charge in [0, 0.05) is 0 Å². The maximum atomic E-state index is 10.5. The molecule has 0 aromatic heterocycles. The zero-order chi connectivity index (χ0) is 8.20. The van der Waals surface area contributed by atoms with Crippen molar-refractivity contribution in [2.75, 3.05) is 0 Å². The van der Waals surface area contributed by atoms with E-state index >= 15 is 0 Å². The van der Waals surface area contributed by atoms with Crippen molar-refractivity contribution in [2.45, 2.75) is 13.8 Å². The molecular weight excluding hydrogens is 150 g/mol. The fourth-order valence-electron chi connectivity index (χ4n) is 0.327. The Balaban J connectivity index is 4.52. The summed E-state index contributed by atoms with van der Waals surface area (Å²) in [6.07, 6.45) is 4.81. The molecule has 0 aliphatic carbocycles. The van der Waals surface area contributed by atoms with Crippen LogP contribution in [0, 0.1) is 0 Å². The number of sulfonamides is 1. The Hall–Kier alpha value is -0.610. The van der Waals surface area contributed by atoms with E-state index in [0.717, 1.165) is 0 Å². The van der Waals surface area contributed by atoms with Gasteiger partial charge in [-0.3, -0.25) is 0 Å². The third-order valence-electron chi connectivity index (χ3n) is 0.972. The summed E-state index contributed by atoms with van der Waals surface area (Å²) in [5.41, 5.74) is 0. The van der Waals surface area contributed by atoms with Gasteiger partial charge in [0.05, 0.1) is 4.91 Å². The number of allylic oxidation sites excluding steroid dienone is 4. The molecule has 0 atom stereocenters. The van der Waals surface area contributed by atoms with Gasteiger partial charge in [-0.25, -0.2) is 13.6 Å². The summed E-state index contributed by atoms with van der Waals surface area (Å²) >= 11 is 0. The molecule has 0 aromatic rings. The molecule has 0 radical (unpaired) electrons. The van der Waals surface area contributed by atoms with E-state index in [-0.39, 0.29) is 4.91 Å². The van der Waals surface area contributed by atoms with E-state index in [0.29, 0.717) is 0 Å². The Kier molecular flexibility index (Phi) is 3.32. The lowest BCUT2D eigenvalue weighted by Gasteiger charge is -1.92. The predicted molar refractivity (Wildman–Crippen MR) is 41.7 cm³/mol. The number of primary sulfonamides is 1. The number of nitrogens with two attached hydrogens (primary N) is 1. The standard InChI is InChI=1S/C6H11NO2S/c1-3-4-5-6(2)10(7,8)9/h3-5H,1-2H3,(H2,7,8,9). The smallest absolute Gasteiger partial charge is 0.225 e. The second-order valence-electron chi connectivity index (χ2n) is 1.85. The molecule has 0 aromatic carbocycles. The van der Waals surface area contributed by atoms with Crippen molar-refractivity contribution in [3.63, 3.8) is 0 Å². The lowest BCUT2D eigenvalue weighted by molar-refractivity contribution is 0.603. The molecular formula is C6H11NO2S. The first-order valence-corrected chi connectivity index (χ1v) is 4.35. The van der Waals surface area contributed by atoms with E-state index in [1.165, 1.54) is 13.0 Å². The summed E-state index contributed by atoms with van der Waals surface area (Å²) in [4.78, 5) is 0.172. The van der Waals surface area contributed by atoms with Crippen molar-refractivity contribution in [1.82, 2.24) is 0 Å². The van der Waals surface area contributed by atoms with Gasteiger partial charge in [-0.15, -0.1) is 0 Å². The van der Waals surface area contributed by atoms with Crippen LogP contribution in [0.15, 0.2) is 23.1 Å². The van der Waals surface area contributed by atoms with Gasteiger partial charge in [0.25, 0.3) is 0 Å². The van der Waals surface area contributed by atoms with Crippen LogP contribution in [0.1, 0.15) is 13.8 Å². The lowest BCUT2D eigenvalue weighted by Crippen LogP contribution is -2.12. The molecule has 0 aliphatic rings. The van der Waals surface area contributed by atoms with Crippen LogP contribution in [0.5, 0.6) is 0 Å². The summed E-state index contributed by atoms with van der Waals surface area (Å²) in [7, 11) is -3.47. The van der Waals surface area contributed by atoms with Gasteiger partial charge < -0.3 is 0 Å². The monoisotopic (exact) mass is 161 g/mol. The summed E-state index contributed by atoms with van der Waals surface area (Å²) < 4.78 is 21.0. The maximum Gasteiger partial charge on any atom is 0.233 e. The van der Waals surface area contributed by atoms with Crippen molar-refractivity contribution < 1.29 is 8.42 Å². The van der Waals surface area contributed by atoms with Crippen LogP contribution in [0.4, 0.5) is 0 Å². The number of hydrogen-bond acceptors (Lipinski definition) is 2. The van der Waals surface area contributed by atoms with Crippen LogP contribution < -0.4 is 5.14 Å². The molecule has 10 heavy (non-hydrogen) atoms. The van der Waals surface area contributed by atoms with Gasteiger partial charge in [0.15, 0.2) is 0 Å². The molecule has 0 heterocycles. The summed E-state index contributed by atoms with van der Waals surface area (Å²) in [5.74, 6) is 0. The fourth-order valence-corrected chi connectivity index (χ4v) is 0.595. The van der Waals surface area contributed by atoms with Crippen LogP contribution in [0.2, 0.25) is 0 Å². The van der Waals surface area contributed by atoms with Crippen LogP contribution in [-0.2, 0) is 10.0 Å². The van der Waals surface area contributed by atoms with Crippen molar-refractivity contribution >= 4 is 10.0 Å². The molecule has 0 spiro atoms. The number of rotatable bonds is 2. The van der Waals surface area contributed by atoms with Gasteiger partial charge in [-0.2, -0.15) is 0 Å². The summed E-state index contributed by atoms with van der Waals surface area (Å²) in [6, 6.07) is 0. The first-order valence-electron chi connectivity index (χ1n) is 2.81. The minimum atomic E-state index is -3.47. The third kappa shape index (κ3) is 3.42. The minimum Gasteiger partial charge on any atom is -0.225 e. The molecule has 2 N–H and O–H groups in total. The maximum absolute atomic E-state index is 10.5. The highest BCUT2D eigenvalue weighted by atomic mass is 32.2. The van der Waals surface area contributed by atoms with Gasteiger partial charge >= 0.3 is 0 Å². The molecule has 0 rings (SSSR count).